The van der Waals surface area contributed by atoms with Crippen molar-refractivity contribution in [2.24, 2.45) is 0 Å². The molecule has 1 fully saturated rings. The number of nitrogens with zero attached hydrogens (tertiary/aromatic N) is 2. The summed E-state index contributed by atoms with van der Waals surface area (Å²) < 4.78 is 8.31. The van der Waals surface area contributed by atoms with E-state index in [-0.39, 0.29) is 0 Å². The van der Waals surface area contributed by atoms with Gasteiger partial charge in [0.2, 0.25) is 0 Å². The normalized spacial score (nSPS) is 18.0. The van der Waals surface area contributed by atoms with Crippen LogP contribution in [0.3, 0.4) is 0 Å². The molecule has 1 aliphatic carbocycles. The van der Waals surface area contributed by atoms with E-state index in [2.05, 4.69) is 42.8 Å². The molecular formula is C15H26BrN3OS. The Bertz CT molecular complexity index is 421. The summed E-state index contributed by atoms with van der Waals surface area (Å²) in [6.45, 7) is 1.48. The fraction of sp³-hybridized carbons (Fsp3) is 0.800. The number of ether oxygens (including phenoxy) is 1. The van der Waals surface area contributed by atoms with Crippen molar-refractivity contribution < 1.29 is 4.74 Å². The van der Waals surface area contributed by atoms with E-state index in [9.17, 15) is 0 Å². The molecule has 1 saturated carbocycles. The van der Waals surface area contributed by atoms with E-state index in [1.54, 1.807) is 7.11 Å². The lowest BCUT2D eigenvalue weighted by molar-refractivity contribution is 0.182. The van der Waals surface area contributed by atoms with Gasteiger partial charge in [0.05, 0.1) is 35.6 Å². The molecule has 1 heterocycles. The molecule has 1 atom stereocenters. The van der Waals surface area contributed by atoms with Gasteiger partial charge in [-0.2, -0.15) is 16.9 Å². The Hall–Kier alpha value is -0.0400. The molecule has 120 valence electrons. The van der Waals surface area contributed by atoms with Crippen LogP contribution in [0.1, 0.15) is 43.8 Å². The Labute approximate surface area is 140 Å². The second-order valence-corrected chi connectivity index (χ2v) is 7.72. The van der Waals surface area contributed by atoms with Crippen LogP contribution in [0.25, 0.3) is 0 Å². The monoisotopic (exact) mass is 375 g/mol. The van der Waals surface area contributed by atoms with E-state index in [0.717, 1.165) is 22.0 Å². The summed E-state index contributed by atoms with van der Waals surface area (Å²) in [6, 6.07) is 0.325. The molecule has 0 aromatic carbocycles. The molecule has 1 unspecified atom stereocenters. The van der Waals surface area contributed by atoms with E-state index in [0.29, 0.717) is 12.6 Å². The molecular weight excluding hydrogens is 350 g/mol. The van der Waals surface area contributed by atoms with E-state index in [4.69, 9.17) is 4.74 Å². The predicted molar refractivity (Wildman–Crippen MR) is 92.9 cm³/mol. The molecule has 0 aliphatic heterocycles. The van der Waals surface area contributed by atoms with Crippen molar-refractivity contribution >= 4 is 27.7 Å². The van der Waals surface area contributed by atoms with Crippen molar-refractivity contribution in [1.29, 1.82) is 0 Å². The molecule has 1 aromatic heterocycles. The zero-order valence-electron chi connectivity index (χ0n) is 13.0. The predicted octanol–water partition coefficient (Wildman–Crippen LogP) is 3.62. The lowest BCUT2D eigenvalue weighted by atomic mass is 10.0. The maximum Gasteiger partial charge on any atom is 0.0705 e. The molecule has 4 nitrogen and oxygen atoms in total. The van der Waals surface area contributed by atoms with E-state index in [1.165, 1.54) is 37.8 Å². The number of halogens is 1. The van der Waals surface area contributed by atoms with Gasteiger partial charge in [0.25, 0.3) is 0 Å². The lowest BCUT2D eigenvalue weighted by Gasteiger charge is -2.24. The van der Waals surface area contributed by atoms with E-state index < -0.39 is 0 Å². The number of methoxy groups -OCH3 is 1. The van der Waals surface area contributed by atoms with Gasteiger partial charge >= 0.3 is 0 Å². The van der Waals surface area contributed by atoms with Gasteiger partial charge < -0.3 is 10.1 Å². The first kappa shape index (κ1) is 17.3. The molecule has 0 radical (unpaired) electrons. The average molecular weight is 376 g/mol. The van der Waals surface area contributed by atoms with Crippen molar-refractivity contribution in [2.45, 2.75) is 49.9 Å². The highest BCUT2D eigenvalue weighted by Crippen LogP contribution is 2.32. The van der Waals surface area contributed by atoms with Gasteiger partial charge in [-0.3, -0.25) is 4.68 Å². The molecule has 1 aromatic rings. The second kappa shape index (κ2) is 9.18. The first-order valence-electron chi connectivity index (χ1n) is 7.75. The minimum atomic E-state index is 0.325. The third kappa shape index (κ3) is 4.98. The summed E-state index contributed by atoms with van der Waals surface area (Å²) in [7, 11) is 3.76. The molecule has 0 bridgehead atoms. The molecule has 1 N–H and O–H groups in total. The van der Waals surface area contributed by atoms with Crippen LogP contribution in [0.2, 0.25) is 0 Å². The van der Waals surface area contributed by atoms with Crippen molar-refractivity contribution in [1.82, 2.24) is 15.1 Å². The zero-order valence-corrected chi connectivity index (χ0v) is 15.4. The van der Waals surface area contributed by atoms with Gasteiger partial charge in [-0.25, -0.2) is 0 Å². The zero-order chi connectivity index (χ0) is 15.1. The topological polar surface area (TPSA) is 39.1 Å². The third-order valence-corrected chi connectivity index (χ3v) is 6.15. The Balaban J connectivity index is 1.97. The molecule has 1 aliphatic rings. The molecule has 0 amide bonds. The van der Waals surface area contributed by atoms with Crippen LogP contribution in [0, 0.1) is 0 Å². The number of rotatable bonds is 8. The summed E-state index contributed by atoms with van der Waals surface area (Å²) in [5.41, 5.74) is 1.23. The van der Waals surface area contributed by atoms with Crippen LogP contribution in [-0.2, 0) is 11.3 Å². The van der Waals surface area contributed by atoms with Crippen LogP contribution >= 0.6 is 27.7 Å². The van der Waals surface area contributed by atoms with Crippen LogP contribution < -0.4 is 5.32 Å². The summed E-state index contributed by atoms with van der Waals surface area (Å²) in [5.74, 6) is 1.10. The molecule has 0 spiro atoms. The van der Waals surface area contributed by atoms with Crippen molar-refractivity contribution in [3.8, 4) is 0 Å². The van der Waals surface area contributed by atoms with Crippen molar-refractivity contribution in [3.63, 3.8) is 0 Å². The minimum Gasteiger partial charge on any atom is -0.383 e. The first-order valence-corrected chi connectivity index (χ1v) is 9.59. The highest BCUT2D eigenvalue weighted by atomic mass is 79.9. The number of hydrogen-bond acceptors (Lipinski definition) is 4. The van der Waals surface area contributed by atoms with Gasteiger partial charge in [0, 0.05) is 18.1 Å². The molecule has 0 saturated heterocycles. The maximum atomic E-state index is 5.18. The maximum absolute atomic E-state index is 5.18. The SMILES string of the molecule is CNC(CSC1CCCCC1)c1c(Br)cnn1CCOC. The van der Waals surface area contributed by atoms with Gasteiger partial charge in [0.15, 0.2) is 0 Å². The van der Waals surface area contributed by atoms with E-state index >= 15 is 0 Å². The van der Waals surface area contributed by atoms with Crippen molar-refractivity contribution in [2.75, 3.05) is 26.5 Å². The molecule has 6 heteroatoms. The fourth-order valence-corrected chi connectivity index (χ4v) is 4.87. The second-order valence-electron chi connectivity index (χ2n) is 5.53. The summed E-state index contributed by atoms with van der Waals surface area (Å²) in [5, 5.41) is 8.74. The summed E-state index contributed by atoms with van der Waals surface area (Å²) in [4.78, 5) is 0. The Kier molecular flexibility index (Phi) is 7.57. The van der Waals surface area contributed by atoms with Crippen LogP contribution in [0.5, 0.6) is 0 Å². The largest absolute Gasteiger partial charge is 0.383 e. The highest BCUT2D eigenvalue weighted by molar-refractivity contribution is 9.10. The number of aromatic nitrogens is 2. The molecule has 2 rings (SSSR count). The highest BCUT2D eigenvalue weighted by Gasteiger charge is 2.21. The van der Waals surface area contributed by atoms with Gasteiger partial charge in [0.1, 0.15) is 0 Å². The van der Waals surface area contributed by atoms with Gasteiger partial charge in [-0.1, -0.05) is 19.3 Å². The standard InChI is InChI=1S/C15H26BrN3OS/c1-17-14(11-21-12-6-4-3-5-7-12)15-13(16)10-18-19(15)8-9-20-2/h10,12,14,17H,3-9,11H2,1-2H3. The third-order valence-electron chi connectivity index (χ3n) is 4.07. The quantitative estimate of drug-likeness (QED) is 0.752. The summed E-state index contributed by atoms with van der Waals surface area (Å²) >= 11 is 5.76. The Morgan fingerprint density at radius 3 is 2.90 bits per heavy atom. The lowest BCUT2D eigenvalue weighted by Crippen LogP contribution is -2.25. The number of hydrogen-bond donors (Lipinski definition) is 1. The van der Waals surface area contributed by atoms with Gasteiger partial charge in [-0.05, 0) is 35.8 Å². The first-order chi connectivity index (χ1) is 10.3. The van der Waals surface area contributed by atoms with Crippen LogP contribution in [0.4, 0.5) is 0 Å². The fourth-order valence-electron chi connectivity index (χ4n) is 2.84. The van der Waals surface area contributed by atoms with Crippen molar-refractivity contribution in [3.05, 3.63) is 16.4 Å². The Morgan fingerprint density at radius 1 is 1.48 bits per heavy atom. The Morgan fingerprint density at radius 2 is 2.24 bits per heavy atom. The molecule has 21 heavy (non-hydrogen) atoms. The van der Waals surface area contributed by atoms with E-state index in [1.807, 2.05) is 13.2 Å². The van der Waals surface area contributed by atoms with Crippen LogP contribution in [0.15, 0.2) is 10.7 Å². The number of nitrogens with one attached hydrogen (secondary N) is 1. The van der Waals surface area contributed by atoms with Gasteiger partial charge in [-0.15, -0.1) is 0 Å². The smallest absolute Gasteiger partial charge is 0.0705 e. The summed E-state index contributed by atoms with van der Waals surface area (Å²) in [6.07, 6.45) is 8.87. The van der Waals surface area contributed by atoms with Crippen LogP contribution in [-0.4, -0.2) is 41.5 Å². The average Bonchev–Trinajstić information content (AvgIpc) is 2.88. The minimum absolute atomic E-state index is 0.325. The number of thioether (sulfide) groups is 1.